The van der Waals surface area contributed by atoms with Crippen molar-refractivity contribution in [2.24, 2.45) is 5.92 Å². The molecule has 0 aromatic heterocycles. The molecule has 0 aromatic carbocycles. The first kappa shape index (κ1) is 27.4. The molecule has 2 aliphatic heterocycles. The van der Waals surface area contributed by atoms with Gasteiger partial charge in [-0.3, -0.25) is 14.4 Å². The van der Waals surface area contributed by atoms with Crippen LogP contribution in [0.5, 0.6) is 0 Å². The number of hydrogen-bond acceptors (Lipinski definition) is 7. The number of nitrogens with one attached hydrogen (secondary N) is 4. The summed E-state index contributed by atoms with van der Waals surface area (Å²) in [4.78, 5) is 56.7. The molecule has 2 saturated heterocycles. The van der Waals surface area contributed by atoms with Gasteiger partial charge in [-0.25, -0.2) is 0 Å². The molecule has 4 N–H and O–H groups in total. The summed E-state index contributed by atoms with van der Waals surface area (Å²) in [5, 5.41) is 12.1. The molecular formula is C22H36BN4O5S. The fraction of sp³-hybridized carbons (Fsp3) is 0.773. The first-order valence-corrected chi connectivity index (χ1v) is 13.0. The Labute approximate surface area is 201 Å². The molecule has 0 aromatic rings. The highest BCUT2D eigenvalue weighted by Gasteiger charge is 2.42. The van der Waals surface area contributed by atoms with Crippen molar-refractivity contribution in [3.8, 4) is 0 Å². The van der Waals surface area contributed by atoms with Gasteiger partial charge in [0.05, 0.1) is 12.2 Å². The Morgan fingerprint density at radius 1 is 1.12 bits per heavy atom. The van der Waals surface area contributed by atoms with Crippen molar-refractivity contribution in [3.05, 3.63) is 0 Å². The number of amides is 3. The molecular weight excluding hydrogens is 443 g/mol. The average Bonchev–Trinajstić information content (AvgIpc) is 3.35. The van der Waals surface area contributed by atoms with Gasteiger partial charge in [-0.2, -0.15) is 11.8 Å². The number of thioether (sulfide) groups is 1. The minimum atomic E-state index is -0.513. The molecule has 33 heavy (non-hydrogen) atoms. The lowest BCUT2D eigenvalue weighted by molar-refractivity contribution is -0.123. The predicted octanol–water partition coefficient (Wildman–Crippen LogP) is 0.316. The molecule has 11 heteroatoms. The number of unbranched alkanes of at least 4 members (excludes halogenated alkanes) is 3. The van der Waals surface area contributed by atoms with Gasteiger partial charge >= 0.3 is 0 Å². The summed E-state index contributed by atoms with van der Waals surface area (Å²) >= 11 is 1.95. The van der Waals surface area contributed by atoms with Crippen LogP contribution in [0.4, 0.5) is 0 Å². The van der Waals surface area contributed by atoms with Crippen molar-refractivity contribution in [2.45, 2.75) is 81.5 Å². The summed E-state index contributed by atoms with van der Waals surface area (Å²) in [6.07, 6.45) is 8.45. The minimum Gasteiger partial charge on any atom is -0.356 e. The van der Waals surface area contributed by atoms with E-state index in [1.165, 1.54) is 7.41 Å². The van der Waals surface area contributed by atoms with E-state index in [1.54, 1.807) is 0 Å². The van der Waals surface area contributed by atoms with Gasteiger partial charge in [0, 0.05) is 55.3 Å². The van der Waals surface area contributed by atoms with Crippen LogP contribution in [0.1, 0.15) is 64.2 Å². The highest BCUT2D eigenvalue weighted by atomic mass is 32.2. The molecule has 0 saturated carbocycles. The monoisotopic (exact) mass is 479 g/mol. The fourth-order valence-corrected chi connectivity index (χ4v) is 5.97. The molecule has 2 fully saturated rings. The fourth-order valence-electron chi connectivity index (χ4n) is 4.32. The van der Waals surface area contributed by atoms with E-state index in [0.29, 0.717) is 68.6 Å². The number of rotatable bonds is 18. The lowest BCUT2D eigenvalue weighted by atomic mass is 9.94. The van der Waals surface area contributed by atoms with Crippen LogP contribution < -0.4 is 21.2 Å². The van der Waals surface area contributed by atoms with Gasteiger partial charge in [-0.15, -0.1) is 0 Å². The zero-order chi connectivity index (χ0) is 23.9. The smallest absolute Gasteiger partial charge is 0.291 e. The zero-order valence-electron chi connectivity index (χ0n) is 19.2. The van der Waals surface area contributed by atoms with Gasteiger partial charge < -0.3 is 30.8 Å². The Bertz CT molecular complexity index is 669. The zero-order valence-corrected chi connectivity index (χ0v) is 20.0. The summed E-state index contributed by atoms with van der Waals surface area (Å²) < 4.78 is 0. The number of fused-ring (bicyclic) bond motifs is 1. The van der Waals surface area contributed by atoms with E-state index in [9.17, 15) is 24.0 Å². The van der Waals surface area contributed by atoms with Crippen molar-refractivity contribution >= 4 is 49.4 Å². The van der Waals surface area contributed by atoms with Crippen molar-refractivity contribution in [3.63, 3.8) is 0 Å². The number of aldehydes is 1. The average molecular weight is 479 g/mol. The van der Waals surface area contributed by atoms with Crippen molar-refractivity contribution < 1.29 is 24.0 Å². The Morgan fingerprint density at radius 3 is 2.73 bits per heavy atom. The minimum absolute atomic E-state index is 0.0431. The van der Waals surface area contributed by atoms with Crippen LogP contribution in [0.2, 0.25) is 0 Å². The Balaban J connectivity index is 1.51. The van der Waals surface area contributed by atoms with E-state index in [1.807, 2.05) is 11.8 Å². The largest absolute Gasteiger partial charge is 0.356 e. The van der Waals surface area contributed by atoms with Gasteiger partial charge in [-0.05, 0) is 38.5 Å². The molecule has 2 rings (SSSR count). The molecule has 183 valence electrons. The molecule has 4 atom stereocenters. The number of carbonyl (C=O) groups excluding carboxylic acids is 5. The summed E-state index contributed by atoms with van der Waals surface area (Å²) in [5.74, 6) is 1.48. The third kappa shape index (κ3) is 10.3. The van der Waals surface area contributed by atoms with Gasteiger partial charge in [-0.1, -0.05) is 6.42 Å². The Morgan fingerprint density at radius 2 is 1.94 bits per heavy atom. The van der Waals surface area contributed by atoms with Gasteiger partial charge in [0.25, 0.3) is 7.41 Å². The van der Waals surface area contributed by atoms with Crippen LogP contribution >= 0.6 is 11.8 Å². The Hall–Kier alpha value is -1.88. The molecule has 4 unspecified atom stereocenters. The van der Waals surface area contributed by atoms with Crippen LogP contribution in [0.25, 0.3) is 0 Å². The number of carbonyl (C=O) groups is 5. The topological polar surface area (TPSA) is 133 Å². The van der Waals surface area contributed by atoms with Crippen molar-refractivity contribution in [2.75, 3.05) is 18.8 Å². The normalized spacial score (nSPS) is 22.2. The van der Waals surface area contributed by atoms with Gasteiger partial charge in [0.2, 0.25) is 17.7 Å². The van der Waals surface area contributed by atoms with E-state index in [-0.39, 0.29) is 17.7 Å². The predicted molar refractivity (Wildman–Crippen MR) is 129 cm³/mol. The Kier molecular flexibility index (Phi) is 13.2. The SMILES string of the molecule is O=C[B]NC(CCCCNC(=O)CCCCC1SCC2NC(=O)CC21)C(=O)NCCCC=O. The van der Waals surface area contributed by atoms with Crippen LogP contribution in [-0.4, -0.2) is 73.8 Å². The molecule has 0 aliphatic carbocycles. The highest BCUT2D eigenvalue weighted by molar-refractivity contribution is 8.00. The highest BCUT2D eigenvalue weighted by Crippen LogP contribution is 2.40. The molecule has 2 aliphatic rings. The van der Waals surface area contributed by atoms with E-state index in [2.05, 4.69) is 21.2 Å². The maximum absolute atomic E-state index is 12.2. The lowest BCUT2D eigenvalue weighted by Gasteiger charge is -2.17. The van der Waals surface area contributed by atoms with E-state index in [4.69, 9.17) is 0 Å². The lowest BCUT2D eigenvalue weighted by Crippen LogP contribution is -2.46. The molecule has 3 amide bonds. The standard InChI is InChI=1S/C22H36BN4O5S/c28-12-6-5-11-25-22(32)17(27-23-15-29)7-3-4-10-24-20(30)9-2-1-8-19-16-13-21(31)26-18(16)14-33-19/h12,15-19,27H,1-11,13-14H2,(H,24,30)(H,25,32)(H,26,31). The summed E-state index contributed by atoms with van der Waals surface area (Å²) in [6, 6.07) is -0.170. The van der Waals surface area contributed by atoms with E-state index in [0.717, 1.165) is 44.1 Å². The van der Waals surface area contributed by atoms with Crippen LogP contribution in [0.3, 0.4) is 0 Å². The third-order valence-corrected chi connectivity index (χ3v) is 7.68. The quantitative estimate of drug-likeness (QED) is 0.126. The summed E-state index contributed by atoms with van der Waals surface area (Å²) in [5.41, 5.74) is 0. The van der Waals surface area contributed by atoms with Crippen molar-refractivity contribution in [1.29, 1.82) is 0 Å². The second kappa shape index (κ2) is 15.9. The van der Waals surface area contributed by atoms with Crippen LogP contribution in [0, 0.1) is 5.92 Å². The molecule has 1 radical (unpaired) electrons. The number of hydrogen-bond donors (Lipinski definition) is 4. The molecule has 2 heterocycles. The second-order valence-corrected chi connectivity index (χ2v) is 9.90. The molecule has 9 nitrogen and oxygen atoms in total. The van der Waals surface area contributed by atoms with E-state index >= 15 is 0 Å². The van der Waals surface area contributed by atoms with Crippen LogP contribution in [0.15, 0.2) is 0 Å². The van der Waals surface area contributed by atoms with Gasteiger partial charge in [0.15, 0.2) is 0 Å². The van der Waals surface area contributed by atoms with Crippen molar-refractivity contribution in [1.82, 2.24) is 21.2 Å². The summed E-state index contributed by atoms with van der Waals surface area (Å²) in [6.45, 7) is 0.975. The second-order valence-electron chi connectivity index (χ2n) is 8.63. The molecule has 0 bridgehead atoms. The maximum atomic E-state index is 12.2. The summed E-state index contributed by atoms with van der Waals surface area (Å²) in [7, 11) is 1.21. The maximum Gasteiger partial charge on any atom is 0.291 e. The van der Waals surface area contributed by atoms with Crippen LogP contribution in [-0.2, 0) is 24.0 Å². The molecule has 0 spiro atoms. The first-order chi connectivity index (χ1) is 16.0. The van der Waals surface area contributed by atoms with E-state index < -0.39 is 6.04 Å². The first-order valence-electron chi connectivity index (χ1n) is 12.0. The third-order valence-electron chi connectivity index (χ3n) is 6.12. The van der Waals surface area contributed by atoms with Gasteiger partial charge in [0.1, 0.15) is 6.29 Å².